The lowest BCUT2D eigenvalue weighted by Gasteiger charge is -2.16. The Balaban J connectivity index is 1.82. The quantitative estimate of drug-likeness (QED) is 0.868. The molecule has 3 rings (SSSR count). The Morgan fingerprint density at radius 2 is 1.95 bits per heavy atom. The van der Waals surface area contributed by atoms with Crippen LogP contribution in [0.4, 0.5) is 0 Å². The van der Waals surface area contributed by atoms with Gasteiger partial charge in [-0.25, -0.2) is 0 Å². The minimum Gasteiger partial charge on any atom is -0.492 e. The molecule has 1 heterocycles. The SMILES string of the molecule is CC1(C)COc2ccc(C(=O)C3CCC(C(=O)O)C3)cc21. The molecular weight excluding hydrogens is 268 g/mol. The molecule has 0 saturated heterocycles. The van der Waals surface area contributed by atoms with Crippen LogP contribution in [0.15, 0.2) is 18.2 Å². The van der Waals surface area contributed by atoms with Gasteiger partial charge in [0.25, 0.3) is 0 Å². The monoisotopic (exact) mass is 288 g/mol. The minimum absolute atomic E-state index is 0.0734. The number of carbonyl (C=O) groups excluding carboxylic acids is 1. The summed E-state index contributed by atoms with van der Waals surface area (Å²) in [5.74, 6) is -0.382. The van der Waals surface area contributed by atoms with Gasteiger partial charge in [0, 0.05) is 22.5 Å². The topological polar surface area (TPSA) is 63.6 Å². The second kappa shape index (κ2) is 4.86. The third-order valence-electron chi connectivity index (χ3n) is 4.73. The molecule has 112 valence electrons. The first-order valence-corrected chi connectivity index (χ1v) is 7.43. The Kier molecular flexibility index (Phi) is 3.27. The maximum Gasteiger partial charge on any atom is 0.306 e. The zero-order valence-electron chi connectivity index (χ0n) is 12.4. The van der Waals surface area contributed by atoms with Crippen LogP contribution in [0.1, 0.15) is 49.0 Å². The van der Waals surface area contributed by atoms with Crippen LogP contribution in [0.5, 0.6) is 5.75 Å². The lowest BCUT2D eigenvalue weighted by atomic mass is 9.84. The van der Waals surface area contributed by atoms with E-state index in [1.807, 2.05) is 12.1 Å². The number of carboxylic acid groups (broad SMARTS) is 1. The van der Waals surface area contributed by atoms with Crippen molar-refractivity contribution >= 4 is 11.8 Å². The highest BCUT2D eigenvalue weighted by Gasteiger charge is 2.36. The second-order valence-corrected chi connectivity index (χ2v) is 6.79. The van der Waals surface area contributed by atoms with E-state index in [-0.39, 0.29) is 23.0 Å². The van der Waals surface area contributed by atoms with Crippen molar-refractivity contribution in [2.45, 2.75) is 38.5 Å². The van der Waals surface area contributed by atoms with Gasteiger partial charge in [0.1, 0.15) is 5.75 Å². The van der Waals surface area contributed by atoms with E-state index in [2.05, 4.69) is 13.8 Å². The number of carboxylic acids is 1. The highest BCUT2D eigenvalue weighted by Crippen LogP contribution is 2.40. The van der Waals surface area contributed by atoms with Crippen molar-refractivity contribution in [3.05, 3.63) is 29.3 Å². The number of ketones is 1. The van der Waals surface area contributed by atoms with Gasteiger partial charge in [-0.3, -0.25) is 9.59 Å². The second-order valence-electron chi connectivity index (χ2n) is 6.79. The summed E-state index contributed by atoms with van der Waals surface area (Å²) < 4.78 is 5.63. The third kappa shape index (κ3) is 2.43. The zero-order valence-corrected chi connectivity index (χ0v) is 12.4. The third-order valence-corrected chi connectivity index (χ3v) is 4.73. The molecule has 0 radical (unpaired) electrons. The van der Waals surface area contributed by atoms with E-state index >= 15 is 0 Å². The van der Waals surface area contributed by atoms with Crippen LogP contribution >= 0.6 is 0 Å². The van der Waals surface area contributed by atoms with Crippen LogP contribution in [0, 0.1) is 11.8 Å². The molecule has 1 aliphatic carbocycles. The highest BCUT2D eigenvalue weighted by atomic mass is 16.5. The Hall–Kier alpha value is -1.84. The van der Waals surface area contributed by atoms with Crippen LogP contribution in [-0.4, -0.2) is 23.5 Å². The number of aliphatic carboxylic acids is 1. The molecule has 2 unspecified atom stereocenters. The highest BCUT2D eigenvalue weighted by molar-refractivity contribution is 5.98. The molecule has 4 nitrogen and oxygen atoms in total. The standard InChI is InChI=1S/C17H20O4/c1-17(2)9-21-14-6-5-11(8-13(14)17)15(18)10-3-4-12(7-10)16(19)20/h5-6,8,10,12H,3-4,7,9H2,1-2H3,(H,19,20). The number of fused-ring (bicyclic) bond motifs is 1. The van der Waals surface area contributed by atoms with E-state index in [0.29, 0.717) is 31.4 Å². The molecule has 21 heavy (non-hydrogen) atoms. The van der Waals surface area contributed by atoms with Crippen LogP contribution in [0.25, 0.3) is 0 Å². The summed E-state index contributed by atoms with van der Waals surface area (Å²) in [7, 11) is 0. The first kappa shape index (κ1) is 14.1. The first-order valence-electron chi connectivity index (χ1n) is 7.43. The molecule has 1 N–H and O–H groups in total. The number of rotatable bonds is 3. The Labute approximate surface area is 124 Å². The van der Waals surface area contributed by atoms with Crippen molar-refractivity contribution in [3.63, 3.8) is 0 Å². The number of Topliss-reactive ketones (excluding diaryl/α,β-unsaturated/α-hetero) is 1. The molecular formula is C17H20O4. The van der Waals surface area contributed by atoms with Crippen molar-refractivity contribution in [1.29, 1.82) is 0 Å². The number of benzene rings is 1. The molecule has 0 amide bonds. The molecule has 1 aromatic rings. The summed E-state index contributed by atoms with van der Waals surface area (Å²) in [5.41, 5.74) is 1.68. The Morgan fingerprint density at radius 3 is 2.62 bits per heavy atom. The van der Waals surface area contributed by atoms with Gasteiger partial charge in [0.15, 0.2) is 5.78 Å². The first-order chi connectivity index (χ1) is 9.88. The maximum atomic E-state index is 12.6. The van der Waals surface area contributed by atoms with E-state index in [1.165, 1.54) is 0 Å². The molecule has 0 bridgehead atoms. The minimum atomic E-state index is -0.784. The fourth-order valence-electron chi connectivity index (χ4n) is 3.35. The van der Waals surface area contributed by atoms with Crippen molar-refractivity contribution in [1.82, 2.24) is 0 Å². The number of ether oxygens (including phenoxy) is 1. The smallest absolute Gasteiger partial charge is 0.306 e. The van der Waals surface area contributed by atoms with Gasteiger partial charge in [-0.05, 0) is 37.5 Å². The van der Waals surface area contributed by atoms with Crippen molar-refractivity contribution < 1.29 is 19.4 Å². The van der Waals surface area contributed by atoms with E-state index in [1.54, 1.807) is 6.07 Å². The lowest BCUT2D eigenvalue weighted by Crippen LogP contribution is -2.19. The molecule has 2 aliphatic rings. The summed E-state index contributed by atoms with van der Waals surface area (Å²) in [4.78, 5) is 23.6. The van der Waals surface area contributed by atoms with Crippen molar-refractivity contribution in [3.8, 4) is 5.75 Å². The lowest BCUT2D eigenvalue weighted by molar-refractivity contribution is -0.141. The predicted octanol–water partition coefficient (Wildman–Crippen LogP) is 3.04. The largest absolute Gasteiger partial charge is 0.492 e. The van der Waals surface area contributed by atoms with E-state index in [4.69, 9.17) is 9.84 Å². The van der Waals surface area contributed by atoms with Crippen LogP contribution in [-0.2, 0) is 10.2 Å². The molecule has 2 atom stereocenters. The average molecular weight is 288 g/mol. The summed E-state index contributed by atoms with van der Waals surface area (Å²) in [5, 5.41) is 9.05. The molecule has 1 aromatic carbocycles. The predicted molar refractivity (Wildman–Crippen MR) is 77.8 cm³/mol. The molecule has 1 aliphatic heterocycles. The van der Waals surface area contributed by atoms with Gasteiger partial charge in [-0.15, -0.1) is 0 Å². The maximum absolute atomic E-state index is 12.6. The number of hydrogen-bond donors (Lipinski definition) is 1. The normalized spacial score (nSPS) is 26.2. The molecule has 0 aromatic heterocycles. The zero-order chi connectivity index (χ0) is 15.2. The summed E-state index contributed by atoms with van der Waals surface area (Å²) >= 11 is 0. The van der Waals surface area contributed by atoms with Gasteiger partial charge in [0.2, 0.25) is 0 Å². The van der Waals surface area contributed by atoms with Gasteiger partial charge >= 0.3 is 5.97 Å². The number of hydrogen-bond acceptors (Lipinski definition) is 3. The van der Waals surface area contributed by atoms with Crippen LogP contribution in [0.2, 0.25) is 0 Å². The molecule has 1 saturated carbocycles. The van der Waals surface area contributed by atoms with Crippen LogP contribution in [0.3, 0.4) is 0 Å². The summed E-state index contributed by atoms with van der Waals surface area (Å²) in [6.45, 7) is 4.83. The van der Waals surface area contributed by atoms with E-state index in [0.717, 1.165) is 11.3 Å². The van der Waals surface area contributed by atoms with Gasteiger partial charge in [0.05, 0.1) is 12.5 Å². The Morgan fingerprint density at radius 1 is 1.24 bits per heavy atom. The van der Waals surface area contributed by atoms with Crippen LogP contribution < -0.4 is 4.74 Å². The molecule has 4 heteroatoms. The summed E-state index contributed by atoms with van der Waals surface area (Å²) in [6, 6.07) is 5.59. The van der Waals surface area contributed by atoms with Gasteiger partial charge in [-0.1, -0.05) is 13.8 Å². The fraction of sp³-hybridized carbons (Fsp3) is 0.529. The van der Waals surface area contributed by atoms with Gasteiger partial charge < -0.3 is 9.84 Å². The summed E-state index contributed by atoms with van der Waals surface area (Å²) in [6.07, 6.45) is 1.74. The van der Waals surface area contributed by atoms with Crippen molar-refractivity contribution in [2.24, 2.45) is 11.8 Å². The van der Waals surface area contributed by atoms with E-state index in [9.17, 15) is 9.59 Å². The molecule has 0 spiro atoms. The van der Waals surface area contributed by atoms with Gasteiger partial charge in [-0.2, -0.15) is 0 Å². The van der Waals surface area contributed by atoms with Crippen molar-refractivity contribution in [2.75, 3.05) is 6.61 Å². The fourth-order valence-corrected chi connectivity index (χ4v) is 3.35. The average Bonchev–Trinajstić information content (AvgIpc) is 3.04. The van der Waals surface area contributed by atoms with E-state index < -0.39 is 5.97 Å². The number of carbonyl (C=O) groups is 2. The molecule has 1 fully saturated rings. The Bertz CT molecular complexity index is 603.